The van der Waals surface area contributed by atoms with Crippen molar-refractivity contribution in [1.82, 2.24) is 20.4 Å². The Labute approximate surface area is 200 Å². The quantitative estimate of drug-likeness (QED) is 0.353. The van der Waals surface area contributed by atoms with Crippen molar-refractivity contribution in [2.45, 2.75) is 25.8 Å². The van der Waals surface area contributed by atoms with Gasteiger partial charge in [-0.3, -0.25) is 4.90 Å². The molecule has 4 aromatic rings. The molecule has 34 heavy (non-hydrogen) atoms. The van der Waals surface area contributed by atoms with Gasteiger partial charge in [-0.15, -0.1) is 11.3 Å². The summed E-state index contributed by atoms with van der Waals surface area (Å²) in [5.41, 5.74) is 3.21. The Morgan fingerprint density at radius 1 is 1.12 bits per heavy atom. The second kappa shape index (κ2) is 9.61. The van der Waals surface area contributed by atoms with Crippen molar-refractivity contribution >= 4 is 22.9 Å². The van der Waals surface area contributed by atoms with E-state index < -0.39 is 6.04 Å². The number of halogens is 1. The highest BCUT2D eigenvalue weighted by molar-refractivity contribution is 7.13. The lowest BCUT2D eigenvalue weighted by Crippen LogP contribution is -2.46. The fraction of sp³-hybridized carbons (Fsp3) is 0.192. The van der Waals surface area contributed by atoms with Crippen LogP contribution in [0.25, 0.3) is 16.3 Å². The van der Waals surface area contributed by atoms with E-state index in [1.165, 1.54) is 29.0 Å². The van der Waals surface area contributed by atoms with Gasteiger partial charge in [-0.25, -0.2) is 9.18 Å². The lowest BCUT2D eigenvalue weighted by molar-refractivity contribution is 0.204. The maximum absolute atomic E-state index is 14.1. The Kier molecular flexibility index (Phi) is 6.22. The summed E-state index contributed by atoms with van der Waals surface area (Å²) in [4.78, 5) is 20.3. The second-order valence-corrected chi connectivity index (χ2v) is 9.03. The molecule has 172 valence electrons. The van der Waals surface area contributed by atoms with E-state index in [-0.39, 0.29) is 11.8 Å². The summed E-state index contributed by atoms with van der Waals surface area (Å²) in [5, 5.41) is 9.11. The van der Waals surface area contributed by atoms with Gasteiger partial charge in [-0.1, -0.05) is 53.7 Å². The van der Waals surface area contributed by atoms with Gasteiger partial charge >= 0.3 is 6.03 Å². The second-order valence-electron chi connectivity index (χ2n) is 8.08. The van der Waals surface area contributed by atoms with Crippen LogP contribution in [0, 0.1) is 5.82 Å². The van der Waals surface area contributed by atoms with Crippen molar-refractivity contribution in [2.75, 3.05) is 6.54 Å². The average molecular weight is 475 g/mol. The number of benzene rings is 2. The van der Waals surface area contributed by atoms with Gasteiger partial charge in [0.15, 0.2) is 0 Å². The lowest BCUT2D eigenvalue weighted by Gasteiger charge is -2.35. The molecule has 1 aliphatic rings. The number of urea groups is 1. The third-order valence-electron chi connectivity index (χ3n) is 5.87. The van der Waals surface area contributed by atoms with E-state index in [2.05, 4.69) is 27.6 Å². The van der Waals surface area contributed by atoms with Gasteiger partial charge in [0, 0.05) is 12.2 Å². The number of nitrogens with zero attached hydrogens (tertiary/aromatic N) is 3. The zero-order valence-electron chi connectivity index (χ0n) is 18.6. The van der Waals surface area contributed by atoms with Gasteiger partial charge in [0.25, 0.3) is 5.89 Å². The molecule has 1 aliphatic heterocycles. The highest BCUT2D eigenvalue weighted by Gasteiger charge is 2.35. The number of rotatable bonds is 7. The molecule has 1 atom stereocenters. The first-order chi connectivity index (χ1) is 16.6. The van der Waals surface area contributed by atoms with Crippen LogP contribution in [0.1, 0.15) is 36.4 Å². The van der Waals surface area contributed by atoms with E-state index in [4.69, 9.17) is 4.52 Å². The largest absolute Gasteiger partial charge is 0.334 e. The minimum absolute atomic E-state index is 0.235. The van der Waals surface area contributed by atoms with Gasteiger partial charge in [0.05, 0.1) is 16.5 Å². The molecule has 3 heterocycles. The maximum atomic E-state index is 14.1. The van der Waals surface area contributed by atoms with Gasteiger partial charge in [-0.2, -0.15) is 4.98 Å². The molecular formula is C26H23FN4O2S. The van der Waals surface area contributed by atoms with E-state index in [1.54, 1.807) is 17.0 Å². The smallest absolute Gasteiger partial charge is 0.322 e. The first kappa shape index (κ1) is 22.0. The van der Waals surface area contributed by atoms with Crippen LogP contribution in [-0.2, 0) is 6.42 Å². The van der Waals surface area contributed by atoms with Gasteiger partial charge < -0.3 is 9.84 Å². The number of allylic oxidation sites excluding steroid dienone is 1. The molecule has 2 amide bonds. The molecule has 1 unspecified atom stereocenters. The van der Waals surface area contributed by atoms with E-state index in [9.17, 15) is 9.18 Å². The molecule has 0 fully saturated rings. The third kappa shape index (κ3) is 4.49. The molecule has 5 rings (SSSR count). The van der Waals surface area contributed by atoms with Gasteiger partial charge in [0.1, 0.15) is 5.82 Å². The Balaban J connectivity index is 1.49. The number of aryl methyl sites for hydroxylation is 1. The molecule has 0 spiro atoms. The lowest BCUT2D eigenvalue weighted by atomic mass is 9.94. The van der Waals surface area contributed by atoms with Crippen LogP contribution in [0.2, 0.25) is 0 Å². The number of hydrogen-bond donors (Lipinski definition) is 1. The van der Waals surface area contributed by atoms with Crippen LogP contribution in [-0.4, -0.2) is 27.6 Å². The predicted octanol–water partition coefficient (Wildman–Crippen LogP) is 6.07. The SMILES string of the molecule is CC1=C(c2nc(-c3cccs3)no2)C(c2cccc(F)c2)NC(=O)N1CCCc1ccccc1. The molecule has 0 aliphatic carbocycles. The molecule has 8 heteroatoms. The normalized spacial score (nSPS) is 16.1. The number of carbonyl (C=O) groups excluding carboxylic acids is 1. The third-order valence-corrected chi connectivity index (χ3v) is 6.73. The maximum Gasteiger partial charge on any atom is 0.322 e. The Morgan fingerprint density at radius 3 is 2.74 bits per heavy atom. The Morgan fingerprint density at radius 2 is 1.97 bits per heavy atom. The van der Waals surface area contributed by atoms with Crippen molar-refractivity contribution in [3.05, 3.63) is 101 Å². The molecular weight excluding hydrogens is 451 g/mol. The molecule has 0 saturated heterocycles. The molecule has 0 bridgehead atoms. The van der Waals surface area contributed by atoms with Crippen molar-refractivity contribution in [2.24, 2.45) is 0 Å². The van der Waals surface area contributed by atoms with Crippen molar-refractivity contribution in [3.63, 3.8) is 0 Å². The zero-order valence-corrected chi connectivity index (χ0v) is 19.4. The minimum atomic E-state index is -0.606. The number of thiophene rings is 1. The fourth-order valence-corrected chi connectivity index (χ4v) is 4.84. The Hall–Kier alpha value is -3.78. The number of carbonyl (C=O) groups is 1. The molecule has 2 aromatic heterocycles. The van der Waals surface area contributed by atoms with Gasteiger partial charge in [0.2, 0.25) is 5.82 Å². The van der Waals surface area contributed by atoms with E-state index in [1.807, 2.05) is 42.6 Å². The number of hydrogen-bond acceptors (Lipinski definition) is 5. The molecule has 0 saturated carbocycles. The van der Waals surface area contributed by atoms with E-state index in [0.717, 1.165) is 17.7 Å². The molecule has 0 radical (unpaired) electrons. The van der Waals surface area contributed by atoms with Crippen LogP contribution < -0.4 is 5.32 Å². The molecule has 6 nitrogen and oxygen atoms in total. The summed E-state index contributed by atoms with van der Waals surface area (Å²) in [6.45, 7) is 2.40. The van der Waals surface area contributed by atoms with Crippen LogP contribution >= 0.6 is 11.3 Å². The summed E-state index contributed by atoms with van der Waals surface area (Å²) in [6, 6.07) is 19.4. The van der Waals surface area contributed by atoms with Crippen LogP contribution in [0.3, 0.4) is 0 Å². The highest BCUT2D eigenvalue weighted by atomic mass is 32.1. The average Bonchev–Trinajstić information content (AvgIpc) is 3.54. The summed E-state index contributed by atoms with van der Waals surface area (Å²) >= 11 is 1.52. The highest BCUT2D eigenvalue weighted by Crippen LogP contribution is 2.37. The summed E-state index contributed by atoms with van der Waals surface area (Å²) < 4.78 is 19.7. The topological polar surface area (TPSA) is 71.3 Å². The summed E-state index contributed by atoms with van der Waals surface area (Å²) in [6.07, 6.45) is 1.64. The van der Waals surface area contributed by atoms with E-state index in [0.29, 0.717) is 35.1 Å². The molecule has 1 N–H and O–H groups in total. The number of amides is 2. The number of aromatic nitrogens is 2. The standard InChI is InChI=1S/C26H23FN4O2S/c1-17-22(25-29-24(30-33-25)21-13-7-15-34-21)23(19-11-5-12-20(27)16-19)28-26(32)31(17)14-6-10-18-8-3-2-4-9-18/h2-5,7-9,11-13,15-16,23H,6,10,14H2,1H3,(H,28,32). The van der Waals surface area contributed by atoms with Crippen molar-refractivity contribution < 1.29 is 13.7 Å². The van der Waals surface area contributed by atoms with Crippen molar-refractivity contribution in [3.8, 4) is 10.7 Å². The van der Waals surface area contributed by atoms with Crippen LogP contribution in [0.5, 0.6) is 0 Å². The fourth-order valence-electron chi connectivity index (χ4n) is 4.19. The monoisotopic (exact) mass is 474 g/mol. The van der Waals surface area contributed by atoms with Crippen LogP contribution in [0.15, 0.2) is 82.3 Å². The van der Waals surface area contributed by atoms with Crippen molar-refractivity contribution in [1.29, 1.82) is 0 Å². The molecule has 2 aromatic carbocycles. The first-order valence-corrected chi connectivity index (χ1v) is 11.9. The van der Waals surface area contributed by atoms with Gasteiger partial charge in [-0.05, 0) is 54.5 Å². The summed E-state index contributed by atoms with van der Waals surface area (Å²) in [5.74, 6) is 0.415. The van der Waals surface area contributed by atoms with E-state index >= 15 is 0 Å². The predicted molar refractivity (Wildman–Crippen MR) is 129 cm³/mol. The first-order valence-electron chi connectivity index (χ1n) is 11.1. The minimum Gasteiger partial charge on any atom is -0.334 e. The number of nitrogens with one attached hydrogen (secondary N) is 1. The summed E-state index contributed by atoms with van der Waals surface area (Å²) in [7, 11) is 0. The zero-order chi connectivity index (χ0) is 23.5. The van der Waals surface area contributed by atoms with Crippen LogP contribution in [0.4, 0.5) is 9.18 Å². The Bertz CT molecular complexity index is 1320.